The highest BCUT2D eigenvalue weighted by molar-refractivity contribution is 5.49. The van der Waals surface area contributed by atoms with Gasteiger partial charge in [-0.15, -0.1) is 0 Å². The third-order valence-corrected chi connectivity index (χ3v) is 1.88. The normalized spacial score (nSPS) is 12.2. The molecule has 0 fully saturated rings. The fraction of sp³-hybridized carbons (Fsp3) is 0.333. The summed E-state index contributed by atoms with van der Waals surface area (Å²) in [5, 5.41) is 19.8. The summed E-state index contributed by atoms with van der Waals surface area (Å²) in [6, 6.07) is 4.38. The van der Waals surface area contributed by atoms with Crippen LogP contribution in [0.15, 0.2) is 18.2 Å². The SMILES string of the molecule is COc1ccc([C@H](C)O)cc1[N+](=O)[O-]. The first-order valence-electron chi connectivity index (χ1n) is 4.06. The summed E-state index contributed by atoms with van der Waals surface area (Å²) in [7, 11) is 1.37. The Balaban J connectivity index is 3.21. The summed E-state index contributed by atoms with van der Waals surface area (Å²) in [5.74, 6) is 0.194. The zero-order valence-corrected chi connectivity index (χ0v) is 7.93. The number of nitro benzene ring substituents is 1. The second-order valence-electron chi connectivity index (χ2n) is 2.86. The Morgan fingerprint density at radius 3 is 2.64 bits per heavy atom. The fourth-order valence-electron chi connectivity index (χ4n) is 1.11. The van der Waals surface area contributed by atoms with Gasteiger partial charge in [-0.1, -0.05) is 6.07 Å². The largest absolute Gasteiger partial charge is 0.490 e. The number of benzene rings is 1. The van der Waals surface area contributed by atoms with Gasteiger partial charge >= 0.3 is 5.69 Å². The van der Waals surface area contributed by atoms with Crippen molar-refractivity contribution in [2.75, 3.05) is 7.11 Å². The van der Waals surface area contributed by atoms with E-state index in [9.17, 15) is 15.2 Å². The molecule has 5 nitrogen and oxygen atoms in total. The topological polar surface area (TPSA) is 72.6 Å². The molecule has 0 saturated carbocycles. The number of hydrogen-bond donors (Lipinski definition) is 1. The van der Waals surface area contributed by atoms with Gasteiger partial charge in [0.15, 0.2) is 5.75 Å². The molecular formula is C9H11NO4. The van der Waals surface area contributed by atoms with Crippen molar-refractivity contribution in [3.63, 3.8) is 0 Å². The molecule has 0 radical (unpaired) electrons. The van der Waals surface area contributed by atoms with Crippen LogP contribution in [0, 0.1) is 10.1 Å². The van der Waals surface area contributed by atoms with Crippen LogP contribution in [-0.2, 0) is 0 Å². The van der Waals surface area contributed by atoms with Gasteiger partial charge in [-0.2, -0.15) is 0 Å². The highest BCUT2D eigenvalue weighted by Crippen LogP contribution is 2.29. The molecule has 0 aliphatic heterocycles. The predicted octanol–water partition coefficient (Wildman–Crippen LogP) is 1.66. The van der Waals surface area contributed by atoms with Crippen molar-refractivity contribution in [2.45, 2.75) is 13.0 Å². The van der Waals surface area contributed by atoms with Gasteiger partial charge in [0.1, 0.15) is 0 Å². The van der Waals surface area contributed by atoms with Gasteiger partial charge in [-0.25, -0.2) is 0 Å². The van der Waals surface area contributed by atoms with E-state index in [2.05, 4.69) is 0 Å². The monoisotopic (exact) mass is 197 g/mol. The summed E-state index contributed by atoms with van der Waals surface area (Å²) in [4.78, 5) is 10.1. The lowest BCUT2D eigenvalue weighted by Crippen LogP contribution is -1.97. The van der Waals surface area contributed by atoms with Crippen LogP contribution < -0.4 is 4.74 Å². The maximum atomic E-state index is 10.6. The van der Waals surface area contributed by atoms with Gasteiger partial charge in [0.25, 0.3) is 0 Å². The van der Waals surface area contributed by atoms with Gasteiger partial charge in [0.05, 0.1) is 18.1 Å². The molecule has 1 atom stereocenters. The van der Waals surface area contributed by atoms with Gasteiger partial charge < -0.3 is 9.84 Å². The molecule has 0 aromatic heterocycles. The van der Waals surface area contributed by atoms with E-state index in [-0.39, 0.29) is 11.4 Å². The van der Waals surface area contributed by atoms with E-state index in [0.717, 1.165) is 0 Å². The number of ether oxygens (including phenoxy) is 1. The van der Waals surface area contributed by atoms with E-state index in [1.165, 1.54) is 19.2 Å². The smallest absolute Gasteiger partial charge is 0.311 e. The van der Waals surface area contributed by atoms with Gasteiger partial charge in [-0.3, -0.25) is 10.1 Å². The van der Waals surface area contributed by atoms with Gasteiger partial charge in [0, 0.05) is 6.07 Å². The quantitative estimate of drug-likeness (QED) is 0.590. The molecule has 0 spiro atoms. The standard InChI is InChI=1S/C9H11NO4/c1-6(11)7-3-4-9(14-2)8(5-7)10(12)13/h3-6,11H,1-2H3/t6-/m0/s1. The zero-order chi connectivity index (χ0) is 10.7. The van der Waals surface area contributed by atoms with Crippen LogP contribution in [0.1, 0.15) is 18.6 Å². The Morgan fingerprint density at radius 2 is 2.21 bits per heavy atom. The van der Waals surface area contributed by atoms with E-state index < -0.39 is 11.0 Å². The van der Waals surface area contributed by atoms with E-state index in [1.54, 1.807) is 13.0 Å². The highest BCUT2D eigenvalue weighted by atomic mass is 16.6. The first-order chi connectivity index (χ1) is 6.56. The van der Waals surface area contributed by atoms with Crippen molar-refractivity contribution in [3.8, 4) is 5.75 Å². The molecule has 0 aliphatic rings. The van der Waals surface area contributed by atoms with Crippen LogP contribution in [0.3, 0.4) is 0 Å². The lowest BCUT2D eigenvalue weighted by molar-refractivity contribution is -0.385. The Morgan fingerprint density at radius 1 is 1.57 bits per heavy atom. The zero-order valence-electron chi connectivity index (χ0n) is 7.93. The summed E-state index contributed by atoms with van der Waals surface area (Å²) in [6.07, 6.45) is -0.723. The van der Waals surface area contributed by atoms with Crippen molar-refractivity contribution in [1.82, 2.24) is 0 Å². The molecule has 0 unspecified atom stereocenters. The van der Waals surface area contributed by atoms with Crippen molar-refractivity contribution < 1.29 is 14.8 Å². The summed E-state index contributed by atoms with van der Waals surface area (Å²) in [6.45, 7) is 1.55. The lowest BCUT2D eigenvalue weighted by atomic mass is 10.1. The number of nitrogens with zero attached hydrogens (tertiary/aromatic N) is 1. The number of nitro groups is 1. The van der Waals surface area contributed by atoms with Crippen molar-refractivity contribution >= 4 is 5.69 Å². The summed E-state index contributed by atoms with van der Waals surface area (Å²) < 4.78 is 4.82. The Hall–Kier alpha value is -1.62. The second-order valence-corrected chi connectivity index (χ2v) is 2.86. The summed E-state index contributed by atoms with van der Waals surface area (Å²) >= 11 is 0. The molecular weight excluding hydrogens is 186 g/mol. The molecule has 76 valence electrons. The van der Waals surface area contributed by atoms with Crippen molar-refractivity contribution in [3.05, 3.63) is 33.9 Å². The third kappa shape index (κ3) is 2.00. The first kappa shape index (κ1) is 10.5. The molecule has 0 bridgehead atoms. The Kier molecular flexibility index (Phi) is 3.03. The van der Waals surface area contributed by atoms with E-state index in [1.807, 2.05) is 0 Å². The molecule has 0 aliphatic carbocycles. The fourth-order valence-corrected chi connectivity index (χ4v) is 1.11. The van der Waals surface area contributed by atoms with Crippen LogP contribution in [0.2, 0.25) is 0 Å². The molecule has 1 aromatic carbocycles. The van der Waals surface area contributed by atoms with Gasteiger partial charge in [0.2, 0.25) is 0 Å². The van der Waals surface area contributed by atoms with Crippen LogP contribution in [-0.4, -0.2) is 17.1 Å². The first-order valence-corrected chi connectivity index (χ1v) is 4.06. The maximum absolute atomic E-state index is 10.6. The average Bonchev–Trinajstić information content (AvgIpc) is 2.16. The van der Waals surface area contributed by atoms with Crippen LogP contribution >= 0.6 is 0 Å². The van der Waals surface area contributed by atoms with Crippen molar-refractivity contribution in [2.24, 2.45) is 0 Å². The molecule has 0 saturated heterocycles. The maximum Gasteiger partial charge on any atom is 0.311 e. The molecule has 1 aromatic rings. The molecule has 14 heavy (non-hydrogen) atoms. The lowest BCUT2D eigenvalue weighted by Gasteiger charge is -2.06. The van der Waals surface area contributed by atoms with Gasteiger partial charge in [-0.05, 0) is 18.6 Å². The average molecular weight is 197 g/mol. The summed E-state index contributed by atoms with van der Waals surface area (Å²) in [5.41, 5.74) is 0.364. The number of rotatable bonds is 3. The number of methoxy groups -OCH3 is 1. The Labute approximate surface area is 81.1 Å². The minimum atomic E-state index is -0.723. The highest BCUT2D eigenvalue weighted by Gasteiger charge is 2.16. The number of hydrogen-bond acceptors (Lipinski definition) is 4. The van der Waals surface area contributed by atoms with E-state index >= 15 is 0 Å². The molecule has 1 N–H and O–H groups in total. The van der Waals surface area contributed by atoms with Crippen LogP contribution in [0.5, 0.6) is 5.75 Å². The van der Waals surface area contributed by atoms with Crippen LogP contribution in [0.4, 0.5) is 5.69 Å². The van der Waals surface area contributed by atoms with E-state index in [0.29, 0.717) is 5.56 Å². The Bertz CT molecular complexity index is 349. The predicted molar refractivity (Wildman–Crippen MR) is 50.3 cm³/mol. The third-order valence-electron chi connectivity index (χ3n) is 1.88. The number of aliphatic hydroxyl groups is 1. The van der Waals surface area contributed by atoms with Crippen molar-refractivity contribution in [1.29, 1.82) is 0 Å². The number of aliphatic hydroxyl groups excluding tert-OH is 1. The van der Waals surface area contributed by atoms with E-state index in [4.69, 9.17) is 4.74 Å². The molecule has 0 heterocycles. The minimum absolute atomic E-state index is 0.133. The minimum Gasteiger partial charge on any atom is -0.490 e. The van der Waals surface area contributed by atoms with Crippen LogP contribution in [0.25, 0.3) is 0 Å². The molecule has 5 heteroatoms. The molecule has 1 rings (SSSR count). The second kappa shape index (κ2) is 4.06. The molecule has 0 amide bonds.